The number of carbonyl (C=O) groups is 1. The summed E-state index contributed by atoms with van der Waals surface area (Å²) in [4.78, 5) is 13.6. The van der Waals surface area contributed by atoms with Crippen LogP contribution in [0.15, 0.2) is 24.3 Å². The van der Waals surface area contributed by atoms with Gasteiger partial charge < -0.3 is 10.2 Å². The lowest BCUT2D eigenvalue weighted by molar-refractivity contribution is -0.129. The van der Waals surface area contributed by atoms with Crippen LogP contribution in [0.3, 0.4) is 0 Å². The summed E-state index contributed by atoms with van der Waals surface area (Å²) in [5.41, 5.74) is 0.460. The minimum absolute atomic E-state index is 0.159. The molecule has 0 aromatic heterocycles. The van der Waals surface area contributed by atoms with E-state index in [1.807, 2.05) is 4.90 Å². The third-order valence-electron chi connectivity index (χ3n) is 2.99. The van der Waals surface area contributed by atoms with E-state index in [0.29, 0.717) is 18.7 Å². The van der Waals surface area contributed by atoms with Gasteiger partial charge in [0, 0.05) is 26.1 Å². The molecule has 1 aliphatic heterocycles. The van der Waals surface area contributed by atoms with Gasteiger partial charge in [0.2, 0.25) is 5.91 Å². The third kappa shape index (κ3) is 3.19. The molecule has 1 fully saturated rings. The molecule has 0 radical (unpaired) electrons. The molecule has 0 aliphatic carbocycles. The Bertz CT molecular complexity index is 389. The largest absolute Gasteiger partial charge is 0.382 e. The summed E-state index contributed by atoms with van der Waals surface area (Å²) in [5, 5.41) is 2.94. The van der Waals surface area contributed by atoms with Gasteiger partial charge in [-0.3, -0.25) is 4.79 Å². The van der Waals surface area contributed by atoms with Crippen molar-refractivity contribution in [1.82, 2.24) is 4.90 Å². The molecule has 2 rings (SSSR count). The monoisotopic (exact) mass is 236 g/mol. The van der Waals surface area contributed by atoms with E-state index in [0.717, 1.165) is 25.9 Å². The summed E-state index contributed by atoms with van der Waals surface area (Å²) >= 11 is 0. The average molecular weight is 236 g/mol. The molecule has 1 saturated heterocycles. The van der Waals surface area contributed by atoms with E-state index in [9.17, 15) is 9.18 Å². The number of hydrogen-bond donors (Lipinski definition) is 1. The first-order chi connectivity index (χ1) is 8.27. The van der Waals surface area contributed by atoms with E-state index >= 15 is 0 Å². The number of anilines is 1. The summed E-state index contributed by atoms with van der Waals surface area (Å²) in [6, 6.07) is 6.50. The van der Waals surface area contributed by atoms with E-state index in [1.165, 1.54) is 6.07 Å². The van der Waals surface area contributed by atoms with Gasteiger partial charge in [-0.25, -0.2) is 4.39 Å². The van der Waals surface area contributed by atoms with Crippen LogP contribution in [0, 0.1) is 5.82 Å². The SMILES string of the molecule is O=C(CCNc1ccccc1F)N1CCCC1. The van der Waals surface area contributed by atoms with Crippen molar-refractivity contribution in [2.45, 2.75) is 19.3 Å². The van der Waals surface area contributed by atoms with E-state index in [4.69, 9.17) is 0 Å². The van der Waals surface area contributed by atoms with Crippen LogP contribution in [-0.2, 0) is 4.79 Å². The molecule has 1 heterocycles. The topological polar surface area (TPSA) is 32.3 Å². The molecule has 0 saturated carbocycles. The van der Waals surface area contributed by atoms with E-state index in [-0.39, 0.29) is 11.7 Å². The maximum atomic E-state index is 13.3. The second-order valence-electron chi connectivity index (χ2n) is 4.24. The average Bonchev–Trinajstić information content (AvgIpc) is 2.85. The summed E-state index contributed by atoms with van der Waals surface area (Å²) in [6.45, 7) is 2.23. The number of hydrogen-bond acceptors (Lipinski definition) is 2. The predicted octanol–water partition coefficient (Wildman–Crippen LogP) is 2.25. The Balaban J connectivity index is 1.76. The normalized spacial score (nSPS) is 15.0. The molecule has 0 spiro atoms. The Morgan fingerprint density at radius 2 is 2.00 bits per heavy atom. The highest BCUT2D eigenvalue weighted by atomic mass is 19.1. The van der Waals surface area contributed by atoms with Crippen molar-refractivity contribution in [1.29, 1.82) is 0 Å². The van der Waals surface area contributed by atoms with Crippen LogP contribution in [0.25, 0.3) is 0 Å². The van der Waals surface area contributed by atoms with Crippen LogP contribution in [0.2, 0.25) is 0 Å². The highest BCUT2D eigenvalue weighted by Crippen LogP contribution is 2.13. The first-order valence-corrected chi connectivity index (χ1v) is 6.03. The van der Waals surface area contributed by atoms with Gasteiger partial charge in [-0.15, -0.1) is 0 Å². The van der Waals surface area contributed by atoms with Gasteiger partial charge >= 0.3 is 0 Å². The summed E-state index contributed by atoms with van der Waals surface area (Å²) in [6.07, 6.45) is 2.63. The van der Waals surface area contributed by atoms with Crippen molar-refractivity contribution in [3.8, 4) is 0 Å². The fraction of sp³-hybridized carbons (Fsp3) is 0.462. The molecule has 0 atom stereocenters. The minimum atomic E-state index is -0.277. The number of likely N-dealkylation sites (tertiary alicyclic amines) is 1. The lowest BCUT2D eigenvalue weighted by atomic mass is 10.3. The molecule has 0 bridgehead atoms. The molecule has 1 aromatic rings. The van der Waals surface area contributed by atoms with Gasteiger partial charge in [0.25, 0.3) is 0 Å². The minimum Gasteiger partial charge on any atom is -0.382 e. The van der Waals surface area contributed by atoms with Crippen LogP contribution < -0.4 is 5.32 Å². The standard InChI is InChI=1S/C13H17FN2O/c14-11-5-1-2-6-12(11)15-8-7-13(17)16-9-3-4-10-16/h1-2,5-6,15H,3-4,7-10H2. The van der Waals surface area contributed by atoms with Crippen LogP contribution in [-0.4, -0.2) is 30.4 Å². The van der Waals surface area contributed by atoms with Crippen LogP contribution in [0.1, 0.15) is 19.3 Å². The van der Waals surface area contributed by atoms with Crippen LogP contribution in [0.5, 0.6) is 0 Å². The van der Waals surface area contributed by atoms with E-state index in [2.05, 4.69) is 5.32 Å². The third-order valence-corrected chi connectivity index (χ3v) is 2.99. The smallest absolute Gasteiger partial charge is 0.224 e. The van der Waals surface area contributed by atoms with Gasteiger partial charge in [-0.1, -0.05) is 12.1 Å². The number of nitrogens with one attached hydrogen (secondary N) is 1. The van der Waals surface area contributed by atoms with E-state index in [1.54, 1.807) is 18.2 Å². The van der Waals surface area contributed by atoms with Gasteiger partial charge in [0.05, 0.1) is 5.69 Å². The summed E-state index contributed by atoms with van der Waals surface area (Å²) in [5.74, 6) is -0.118. The predicted molar refractivity (Wildman–Crippen MR) is 65.3 cm³/mol. The fourth-order valence-electron chi connectivity index (χ4n) is 2.03. The van der Waals surface area contributed by atoms with Crippen molar-refractivity contribution in [2.24, 2.45) is 0 Å². The first kappa shape index (κ1) is 11.9. The lowest BCUT2D eigenvalue weighted by Gasteiger charge is -2.15. The molecular formula is C13H17FN2O. The second-order valence-corrected chi connectivity index (χ2v) is 4.24. The van der Waals surface area contributed by atoms with E-state index < -0.39 is 0 Å². The van der Waals surface area contributed by atoms with Gasteiger partial charge in [-0.2, -0.15) is 0 Å². The molecule has 1 amide bonds. The van der Waals surface area contributed by atoms with Crippen molar-refractivity contribution in [3.63, 3.8) is 0 Å². The van der Waals surface area contributed by atoms with Gasteiger partial charge in [0.15, 0.2) is 0 Å². The lowest BCUT2D eigenvalue weighted by Crippen LogP contribution is -2.29. The highest BCUT2D eigenvalue weighted by Gasteiger charge is 2.16. The summed E-state index contributed by atoms with van der Waals surface area (Å²) < 4.78 is 13.3. The fourth-order valence-corrected chi connectivity index (χ4v) is 2.03. The Labute approximate surface area is 101 Å². The van der Waals surface area contributed by atoms with Crippen molar-refractivity contribution in [3.05, 3.63) is 30.1 Å². The number of rotatable bonds is 4. The zero-order valence-electron chi connectivity index (χ0n) is 9.79. The van der Waals surface area contributed by atoms with Crippen LogP contribution >= 0.6 is 0 Å². The molecule has 17 heavy (non-hydrogen) atoms. The molecular weight excluding hydrogens is 219 g/mol. The molecule has 4 heteroatoms. The van der Waals surface area contributed by atoms with Crippen molar-refractivity contribution in [2.75, 3.05) is 25.0 Å². The van der Waals surface area contributed by atoms with Crippen molar-refractivity contribution >= 4 is 11.6 Å². The molecule has 0 unspecified atom stereocenters. The Morgan fingerprint density at radius 3 is 2.71 bits per heavy atom. The molecule has 92 valence electrons. The maximum Gasteiger partial charge on any atom is 0.224 e. The molecule has 1 aliphatic rings. The molecule has 1 N–H and O–H groups in total. The quantitative estimate of drug-likeness (QED) is 0.869. The number of amides is 1. The molecule has 1 aromatic carbocycles. The first-order valence-electron chi connectivity index (χ1n) is 6.03. The second kappa shape index (κ2) is 5.66. The zero-order valence-corrected chi connectivity index (χ0v) is 9.79. The van der Waals surface area contributed by atoms with Crippen molar-refractivity contribution < 1.29 is 9.18 Å². The number of nitrogens with zero attached hydrogens (tertiary/aromatic N) is 1. The number of carbonyl (C=O) groups excluding carboxylic acids is 1. The van der Waals surface area contributed by atoms with Gasteiger partial charge in [0.1, 0.15) is 5.82 Å². The maximum absolute atomic E-state index is 13.3. The Kier molecular flexibility index (Phi) is 3.96. The molecule has 3 nitrogen and oxygen atoms in total. The van der Waals surface area contributed by atoms with Gasteiger partial charge in [-0.05, 0) is 25.0 Å². The number of halogens is 1. The Morgan fingerprint density at radius 1 is 1.29 bits per heavy atom. The highest BCUT2D eigenvalue weighted by molar-refractivity contribution is 5.77. The Hall–Kier alpha value is -1.58. The number of para-hydroxylation sites is 1. The zero-order chi connectivity index (χ0) is 12.1. The summed E-state index contributed by atoms with van der Waals surface area (Å²) in [7, 11) is 0. The van der Waals surface area contributed by atoms with Crippen LogP contribution in [0.4, 0.5) is 10.1 Å². The number of benzene rings is 1.